The fourth-order valence-corrected chi connectivity index (χ4v) is 3.18. The topological polar surface area (TPSA) is 73.7 Å². The largest absolute Gasteiger partial charge is 0.480 e. The molecule has 2 heterocycles. The Balaban J connectivity index is 2.07. The number of hydrogen-bond acceptors (Lipinski definition) is 4. The maximum absolute atomic E-state index is 12.5. The lowest BCUT2D eigenvalue weighted by molar-refractivity contribution is -0.140. The van der Waals surface area contributed by atoms with Gasteiger partial charge >= 0.3 is 12.0 Å². The molecule has 1 fully saturated rings. The van der Waals surface area contributed by atoms with Crippen molar-refractivity contribution in [2.24, 2.45) is 0 Å². The zero-order valence-electron chi connectivity index (χ0n) is 11.2. The number of carbonyl (C=O) groups is 2. The van der Waals surface area contributed by atoms with E-state index >= 15 is 0 Å². The Morgan fingerprint density at radius 3 is 2.80 bits per heavy atom. The van der Waals surface area contributed by atoms with Crippen molar-refractivity contribution in [2.75, 3.05) is 18.2 Å². The van der Waals surface area contributed by atoms with Gasteiger partial charge in [-0.15, -0.1) is 11.8 Å². The van der Waals surface area contributed by atoms with Crippen LogP contribution in [0, 0.1) is 0 Å². The van der Waals surface area contributed by atoms with Crippen molar-refractivity contribution >= 4 is 23.8 Å². The molecule has 1 saturated heterocycles. The summed E-state index contributed by atoms with van der Waals surface area (Å²) in [5.74, 6) is -0.0559. The number of hydrogen-bond donors (Lipinski definition) is 1. The third-order valence-corrected chi connectivity index (χ3v) is 4.20. The van der Waals surface area contributed by atoms with E-state index in [1.54, 1.807) is 17.3 Å². The summed E-state index contributed by atoms with van der Waals surface area (Å²) in [6, 6.07) is 2.76. The number of thioether (sulfide) groups is 1. The summed E-state index contributed by atoms with van der Waals surface area (Å²) in [4.78, 5) is 30.6. The molecule has 1 aromatic heterocycles. The molecule has 1 aliphatic heterocycles. The normalized spacial score (nSPS) is 18.1. The van der Waals surface area contributed by atoms with Gasteiger partial charge in [0, 0.05) is 31.2 Å². The molecule has 0 radical (unpaired) electrons. The van der Waals surface area contributed by atoms with Crippen LogP contribution in [-0.4, -0.2) is 56.1 Å². The van der Waals surface area contributed by atoms with E-state index in [0.29, 0.717) is 24.7 Å². The third-order valence-electron chi connectivity index (χ3n) is 3.19. The number of urea groups is 1. The zero-order chi connectivity index (χ0) is 14.5. The van der Waals surface area contributed by atoms with Crippen molar-refractivity contribution < 1.29 is 14.7 Å². The summed E-state index contributed by atoms with van der Waals surface area (Å²) in [5.41, 5.74) is 0.980. The molecule has 7 heteroatoms. The zero-order valence-corrected chi connectivity index (χ0v) is 12.0. The van der Waals surface area contributed by atoms with E-state index in [1.807, 2.05) is 19.1 Å². The Hall–Kier alpha value is -1.76. The molecule has 1 unspecified atom stereocenters. The number of amides is 2. The van der Waals surface area contributed by atoms with Crippen LogP contribution in [-0.2, 0) is 11.3 Å². The molecule has 1 atom stereocenters. The average molecular weight is 295 g/mol. The maximum atomic E-state index is 12.5. The molecular formula is C13H17N3O3S. The van der Waals surface area contributed by atoms with E-state index in [4.69, 9.17) is 5.11 Å². The van der Waals surface area contributed by atoms with Crippen molar-refractivity contribution in [3.63, 3.8) is 0 Å². The van der Waals surface area contributed by atoms with Gasteiger partial charge in [-0.3, -0.25) is 4.98 Å². The number of pyridine rings is 1. The molecule has 1 aromatic rings. The molecule has 2 amide bonds. The van der Waals surface area contributed by atoms with Crippen LogP contribution in [0.4, 0.5) is 4.79 Å². The average Bonchev–Trinajstić information content (AvgIpc) is 2.94. The number of carboxylic acid groups (broad SMARTS) is 1. The number of rotatable bonds is 4. The molecule has 2 rings (SSSR count). The fraction of sp³-hybridized carbons (Fsp3) is 0.462. The lowest BCUT2D eigenvalue weighted by atomic mass is 10.2. The number of aromatic nitrogens is 1. The number of nitrogens with zero attached hydrogens (tertiary/aromatic N) is 3. The SMILES string of the molecule is CCN(Cc1ccncc1)C(=O)N1CSCC1C(=O)O. The fourth-order valence-electron chi connectivity index (χ4n) is 2.04. The van der Waals surface area contributed by atoms with Gasteiger partial charge in [0.05, 0.1) is 5.88 Å². The van der Waals surface area contributed by atoms with Crippen LogP contribution >= 0.6 is 11.8 Å². The van der Waals surface area contributed by atoms with Crippen molar-refractivity contribution in [2.45, 2.75) is 19.5 Å². The Labute approximate surface area is 121 Å². The summed E-state index contributed by atoms with van der Waals surface area (Å²) in [5, 5.41) is 9.14. The lowest BCUT2D eigenvalue weighted by Gasteiger charge is -2.29. The number of carboxylic acids is 1. The predicted octanol–water partition coefficient (Wildman–Crippen LogP) is 1.48. The minimum absolute atomic E-state index is 0.221. The molecule has 0 saturated carbocycles. The molecule has 20 heavy (non-hydrogen) atoms. The molecule has 0 bridgehead atoms. The Kier molecular flexibility index (Phi) is 4.84. The highest BCUT2D eigenvalue weighted by Crippen LogP contribution is 2.23. The van der Waals surface area contributed by atoms with Gasteiger partial charge in [-0.2, -0.15) is 0 Å². The predicted molar refractivity (Wildman–Crippen MR) is 76.3 cm³/mol. The first-order chi connectivity index (χ1) is 9.63. The van der Waals surface area contributed by atoms with Gasteiger partial charge in [-0.25, -0.2) is 9.59 Å². The Morgan fingerprint density at radius 2 is 2.20 bits per heavy atom. The Bertz CT molecular complexity index is 483. The first kappa shape index (κ1) is 14.6. The highest BCUT2D eigenvalue weighted by Gasteiger charge is 2.36. The van der Waals surface area contributed by atoms with Crippen LogP contribution < -0.4 is 0 Å². The Morgan fingerprint density at radius 1 is 1.50 bits per heavy atom. The van der Waals surface area contributed by atoms with E-state index in [2.05, 4.69) is 4.98 Å². The summed E-state index contributed by atoms with van der Waals surface area (Å²) in [6.45, 7) is 2.89. The maximum Gasteiger partial charge on any atom is 0.327 e. The van der Waals surface area contributed by atoms with Crippen molar-refractivity contribution in [1.82, 2.24) is 14.8 Å². The second-order valence-corrected chi connectivity index (χ2v) is 5.48. The van der Waals surface area contributed by atoms with Crippen LogP contribution in [0.15, 0.2) is 24.5 Å². The van der Waals surface area contributed by atoms with Crippen LogP contribution in [0.5, 0.6) is 0 Å². The van der Waals surface area contributed by atoms with Gasteiger partial charge in [0.15, 0.2) is 0 Å². The van der Waals surface area contributed by atoms with Crippen LogP contribution in [0.3, 0.4) is 0 Å². The minimum atomic E-state index is -0.941. The van der Waals surface area contributed by atoms with Gasteiger partial charge in [0.25, 0.3) is 0 Å². The first-order valence-electron chi connectivity index (χ1n) is 6.38. The molecule has 0 aromatic carbocycles. The first-order valence-corrected chi connectivity index (χ1v) is 7.54. The number of aliphatic carboxylic acids is 1. The second kappa shape index (κ2) is 6.60. The van der Waals surface area contributed by atoms with Gasteiger partial charge in [-0.05, 0) is 24.6 Å². The number of carbonyl (C=O) groups excluding carboxylic acids is 1. The quantitative estimate of drug-likeness (QED) is 0.911. The highest BCUT2D eigenvalue weighted by atomic mass is 32.2. The molecule has 0 aliphatic carbocycles. The molecule has 1 N–H and O–H groups in total. The monoisotopic (exact) mass is 295 g/mol. The molecule has 6 nitrogen and oxygen atoms in total. The summed E-state index contributed by atoms with van der Waals surface area (Å²) < 4.78 is 0. The van der Waals surface area contributed by atoms with E-state index in [9.17, 15) is 9.59 Å². The lowest BCUT2D eigenvalue weighted by Crippen LogP contribution is -2.48. The van der Waals surface area contributed by atoms with E-state index < -0.39 is 12.0 Å². The molecule has 108 valence electrons. The van der Waals surface area contributed by atoms with Crippen molar-refractivity contribution in [1.29, 1.82) is 0 Å². The van der Waals surface area contributed by atoms with Gasteiger partial charge < -0.3 is 14.9 Å². The van der Waals surface area contributed by atoms with Gasteiger partial charge in [0.2, 0.25) is 0 Å². The molecule has 0 spiro atoms. The van der Waals surface area contributed by atoms with Crippen LogP contribution in [0.1, 0.15) is 12.5 Å². The van der Waals surface area contributed by atoms with Crippen molar-refractivity contribution in [3.05, 3.63) is 30.1 Å². The standard InChI is InChI=1S/C13H17N3O3S/c1-2-15(7-10-3-5-14-6-4-10)13(19)16-9-20-8-11(16)12(17)18/h3-6,11H,2,7-9H2,1H3,(H,17,18). The summed E-state index contributed by atoms with van der Waals surface area (Å²) in [6.07, 6.45) is 3.36. The molecule has 1 aliphatic rings. The van der Waals surface area contributed by atoms with Crippen LogP contribution in [0.2, 0.25) is 0 Å². The minimum Gasteiger partial charge on any atom is -0.480 e. The third kappa shape index (κ3) is 3.22. The van der Waals surface area contributed by atoms with Gasteiger partial charge in [0.1, 0.15) is 6.04 Å². The van der Waals surface area contributed by atoms with E-state index in [1.165, 1.54) is 16.7 Å². The molecular weight excluding hydrogens is 278 g/mol. The van der Waals surface area contributed by atoms with E-state index in [-0.39, 0.29) is 6.03 Å². The van der Waals surface area contributed by atoms with Gasteiger partial charge in [-0.1, -0.05) is 0 Å². The van der Waals surface area contributed by atoms with Crippen LogP contribution in [0.25, 0.3) is 0 Å². The summed E-state index contributed by atoms with van der Waals surface area (Å²) in [7, 11) is 0. The van der Waals surface area contributed by atoms with E-state index in [0.717, 1.165) is 5.56 Å². The summed E-state index contributed by atoms with van der Waals surface area (Å²) >= 11 is 1.47. The van der Waals surface area contributed by atoms with Crippen molar-refractivity contribution in [3.8, 4) is 0 Å². The highest BCUT2D eigenvalue weighted by molar-refractivity contribution is 7.99. The smallest absolute Gasteiger partial charge is 0.327 e. The second-order valence-electron chi connectivity index (χ2n) is 4.48.